The molecular formula is C8H11ClN2O2S2. The summed E-state index contributed by atoms with van der Waals surface area (Å²) in [5.41, 5.74) is -0.403. The number of nitrogens with one attached hydrogen (secondary N) is 1. The molecule has 1 N–H and O–H groups in total. The van der Waals surface area contributed by atoms with E-state index >= 15 is 0 Å². The zero-order chi connectivity index (χ0) is 11.1. The van der Waals surface area contributed by atoms with Crippen molar-refractivity contribution < 1.29 is 8.42 Å². The molecule has 0 aliphatic carbocycles. The summed E-state index contributed by atoms with van der Waals surface area (Å²) < 4.78 is 22.7. The van der Waals surface area contributed by atoms with Crippen LogP contribution < -0.4 is 5.32 Å². The Hall–Kier alpha value is -0.330. The number of anilines is 1. The van der Waals surface area contributed by atoms with Gasteiger partial charge >= 0.3 is 0 Å². The van der Waals surface area contributed by atoms with Crippen LogP contribution in [-0.4, -0.2) is 30.4 Å². The standard InChI is InChI=1S/C8H11ClN2O2S2/c1-8(2-3-15(12,13)5-8)11-7-10-6(9)4-14-7/h4H,2-3,5H2,1H3,(H,10,11). The maximum absolute atomic E-state index is 11.4. The molecule has 0 spiro atoms. The molecule has 1 aromatic heterocycles. The van der Waals surface area contributed by atoms with Crippen molar-refractivity contribution in [3.8, 4) is 0 Å². The molecule has 0 amide bonds. The quantitative estimate of drug-likeness (QED) is 0.887. The molecule has 7 heteroatoms. The predicted molar refractivity (Wildman–Crippen MR) is 62.4 cm³/mol. The van der Waals surface area contributed by atoms with Crippen molar-refractivity contribution in [2.45, 2.75) is 18.9 Å². The van der Waals surface area contributed by atoms with E-state index in [2.05, 4.69) is 10.3 Å². The van der Waals surface area contributed by atoms with Crippen LogP contribution in [0.15, 0.2) is 5.38 Å². The maximum Gasteiger partial charge on any atom is 0.184 e. The Morgan fingerprint density at radius 3 is 2.87 bits per heavy atom. The number of halogens is 1. The molecule has 0 radical (unpaired) electrons. The van der Waals surface area contributed by atoms with E-state index in [0.717, 1.165) is 0 Å². The Morgan fingerprint density at radius 1 is 1.67 bits per heavy atom. The highest BCUT2D eigenvalue weighted by atomic mass is 35.5. The fraction of sp³-hybridized carbons (Fsp3) is 0.625. The van der Waals surface area contributed by atoms with E-state index in [0.29, 0.717) is 16.7 Å². The van der Waals surface area contributed by atoms with Gasteiger partial charge in [-0.05, 0) is 13.3 Å². The Morgan fingerprint density at radius 2 is 2.40 bits per heavy atom. The molecule has 4 nitrogen and oxygen atoms in total. The van der Waals surface area contributed by atoms with Gasteiger partial charge in [0.2, 0.25) is 0 Å². The van der Waals surface area contributed by atoms with Gasteiger partial charge in [0.25, 0.3) is 0 Å². The first kappa shape index (κ1) is 11.2. The molecule has 1 fully saturated rings. The molecule has 1 saturated heterocycles. The fourth-order valence-corrected chi connectivity index (χ4v) is 4.76. The van der Waals surface area contributed by atoms with E-state index in [4.69, 9.17) is 11.6 Å². The van der Waals surface area contributed by atoms with Crippen LogP contribution in [0.3, 0.4) is 0 Å². The lowest BCUT2D eigenvalue weighted by molar-refractivity contribution is 0.573. The number of sulfone groups is 1. The fourth-order valence-electron chi connectivity index (χ4n) is 1.68. The van der Waals surface area contributed by atoms with Crippen LogP contribution in [0.2, 0.25) is 5.15 Å². The summed E-state index contributed by atoms with van der Waals surface area (Å²) in [5, 5.41) is 5.97. The molecule has 2 rings (SSSR count). The Kier molecular flexibility index (Phi) is 2.68. The van der Waals surface area contributed by atoms with Gasteiger partial charge < -0.3 is 5.32 Å². The van der Waals surface area contributed by atoms with Crippen LogP contribution in [0.4, 0.5) is 5.13 Å². The summed E-state index contributed by atoms with van der Waals surface area (Å²) in [6, 6.07) is 0. The lowest BCUT2D eigenvalue weighted by Gasteiger charge is -2.23. The summed E-state index contributed by atoms with van der Waals surface area (Å²) in [5.74, 6) is 0.410. The molecule has 1 aromatic rings. The van der Waals surface area contributed by atoms with Crippen molar-refractivity contribution in [1.29, 1.82) is 0 Å². The molecule has 15 heavy (non-hydrogen) atoms. The van der Waals surface area contributed by atoms with Crippen LogP contribution in [0.1, 0.15) is 13.3 Å². The summed E-state index contributed by atoms with van der Waals surface area (Å²) >= 11 is 7.07. The molecule has 2 heterocycles. The largest absolute Gasteiger partial charge is 0.355 e. The molecule has 1 aliphatic heterocycles. The molecule has 0 aromatic carbocycles. The number of hydrogen-bond acceptors (Lipinski definition) is 5. The smallest absolute Gasteiger partial charge is 0.184 e. The van der Waals surface area contributed by atoms with Crippen molar-refractivity contribution >= 4 is 37.9 Å². The third-order valence-corrected chi connectivity index (χ3v) is 5.37. The monoisotopic (exact) mass is 266 g/mol. The van der Waals surface area contributed by atoms with Crippen LogP contribution in [0.5, 0.6) is 0 Å². The maximum atomic E-state index is 11.4. The number of hydrogen-bond donors (Lipinski definition) is 1. The van der Waals surface area contributed by atoms with E-state index < -0.39 is 15.4 Å². The average Bonchev–Trinajstić information content (AvgIpc) is 2.57. The van der Waals surface area contributed by atoms with E-state index in [9.17, 15) is 8.42 Å². The number of thiazole rings is 1. The van der Waals surface area contributed by atoms with Gasteiger partial charge in [0.05, 0.1) is 17.0 Å². The summed E-state index contributed by atoms with van der Waals surface area (Å²) in [4.78, 5) is 4.05. The van der Waals surface area contributed by atoms with Crippen LogP contribution in [0, 0.1) is 0 Å². The average molecular weight is 267 g/mol. The summed E-state index contributed by atoms with van der Waals surface area (Å²) in [6.45, 7) is 1.90. The molecule has 1 aliphatic rings. The van der Waals surface area contributed by atoms with Gasteiger partial charge in [-0.25, -0.2) is 13.4 Å². The summed E-state index contributed by atoms with van der Waals surface area (Å²) in [6.07, 6.45) is 0.618. The van der Waals surface area contributed by atoms with Crippen molar-refractivity contribution in [2.24, 2.45) is 0 Å². The van der Waals surface area contributed by atoms with E-state index in [1.807, 2.05) is 6.92 Å². The van der Waals surface area contributed by atoms with Gasteiger partial charge in [0.1, 0.15) is 5.15 Å². The van der Waals surface area contributed by atoms with Crippen molar-refractivity contribution in [3.05, 3.63) is 10.5 Å². The first-order chi connectivity index (χ1) is 6.89. The molecule has 1 atom stereocenters. The van der Waals surface area contributed by atoms with Crippen molar-refractivity contribution in [3.63, 3.8) is 0 Å². The van der Waals surface area contributed by atoms with Gasteiger partial charge in [-0.3, -0.25) is 0 Å². The SMILES string of the molecule is CC1(Nc2nc(Cl)cs2)CCS(=O)(=O)C1. The third-order valence-electron chi connectivity index (χ3n) is 2.39. The van der Waals surface area contributed by atoms with E-state index in [1.54, 1.807) is 5.38 Å². The zero-order valence-corrected chi connectivity index (χ0v) is 10.5. The van der Waals surface area contributed by atoms with Crippen LogP contribution >= 0.6 is 22.9 Å². The van der Waals surface area contributed by atoms with Gasteiger partial charge in [-0.2, -0.15) is 0 Å². The van der Waals surface area contributed by atoms with Gasteiger partial charge in [-0.1, -0.05) is 11.6 Å². The van der Waals surface area contributed by atoms with E-state index in [-0.39, 0.29) is 11.5 Å². The molecular weight excluding hydrogens is 256 g/mol. The lowest BCUT2D eigenvalue weighted by Crippen LogP contribution is -2.35. The lowest BCUT2D eigenvalue weighted by atomic mass is 10.0. The normalized spacial score (nSPS) is 29.2. The van der Waals surface area contributed by atoms with Gasteiger partial charge in [-0.15, -0.1) is 11.3 Å². The predicted octanol–water partition coefficient (Wildman–Crippen LogP) is 1.79. The second-order valence-corrected chi connectivity index (χ2v) is 7.43. The van der Waals surface area contributed by atoms with Gasteiger partial charge in [0.15, 0.2) is 15.0 Å². The second kappa shape index (κ2) is 3.61. The number of rotatable bonds is 2. The summed E-state index contributed by atoms with van der Waals surface area (Å²) in [7, 11) is -2.89. The molecule has 84 valence electrons. The minimum Gasteiger partial charge on any atom is -0.355 e. The third kappa shape index (κ3) is 2.62. The van der Waals surface area contributed by atoms with E-state index in [1.165, 1.54) is 11.3 Å². The molecule has 0 saturated carbocycles. The Labute approximate surface area is 97.6 Å². The zero-order valence-electron chi connectivity index (χ0n) is 8.16. The number of nitrogens with zero attached hydrogens (tertiary/aromatic N) is 1. The van der Waals surface area contributed by atoms with Crippen LogP contribution in [0.25, 0.3) is 0 Å². The highest BCUT2D eigenvalue weighted by Crippen LogP contribution is 2.29. The highest BCUT2D eigenvalue weighted by molar-refractivity contribution is 7.91. The van der Waals surface area contributed by atoms with Crippen LogP contribution in [-0.2, 0) is 9.84 Å². The Bertz CT molecular complexity index is 471. The van der Waals surface area contributed by atoms with Crippen molar-refractivity contribution in [2.75, 3.05) is 16.8 Å². The minimum atomic E-state index is -2.89. The Balaban J connectivity index is 2.13. The van der Waals surface area contributed by atoms with Gasteiger partial charge in [0, 0.05) is 5.38 Å². The first-order valence-corrected chi connectivity index (χ1v) is 7.56. The molecule has 1 unspecified atom stereocenters. The minimum absolute atomic E-state index is 0.164. The van der Waals surface area contributed by atoms with Crippen molar-refractivity contribution in [1.82, 2.24) is 4.98 Å². The second-order valence-electron chi connectivity index (χ2n) is 4.00. The number of aromatic nitrogens is 1. The topological polar surface area (TPSA) is 59.1 Å². The first-order valence-electron chi connectivity index (χ1n) is 4.48. The molecule has 0 bridgehead atoms. The highest BCUT2D eigenvalue weighted by Gasteiger charge is 2.38.